The highest BCUT2D eigenvalue weighted by Crippen LogP contribution is 2.36. The lowest BCUT2D eigenvalue weighted by Crippen LogP contribution is -2.47. The third-order valence-electron chi connectivity index (χ3n) is 4.65. The topological polar surface area (TPSA) is 38.0 Å². The molecule has 21 heavy (non-hydrogen) atoms. The van der Waals surface area contributed by atoms with Gasteiger partial charge in [-0.3, -0.25) is 0 Å². The van der Waals surface area contributed by atoms with Gasteiger partial charge in [-0.25, -0.2) is 0 Å². The molecule has 0 aromatic heterocycles. The summed E-state index contributed by atoms with van der Waals surface area (Å²) in [7, 11) is 0. The van der Waals surface area contributed by atoms with Crippen molar-refractivity contribution in [1.29, 1.82) is 0 Å². The number of anilines is 1. The molecule has 3 rings (SSSR count). The van der Waals surface area contributed by atoms with Crippen LogP contribution in [0.2, 0.25) is 0 Å². The lowest BCUT2D eigenvalue weighted by molar-refractivity contribution is 0.262. The molecule has 110 valence electrons. The van der Waals surface area contributed by atoms with E-state index < -0.39 is 0 Å². The number of nitrogens with two attached hydrogens (primary N) is 1. The zero-order chi connectivity index (χ0) is 14.9. The molecular formula is C19H24N2. The van der Waals surface area contributed by atoms with E-state index in [-0.39, 0.29) is 5.54 Å². The third-order valence-corrected chi connectivity index (χ3v) is 4.65. The quantitative estimate of drug-likeness (QED) is 0.813. The highest BCUT2D eigenvalue weighted by Gasteiger charge is 2.31. The summed E-state index contributed by atoms with van der Waals surface area (Å²) in [6.07, 6.45) is 15.3. The Hall–Kier alpha value is -1.80. The maximum atomic E-state index is 6.23. The van der Waals surface area contributed by atoms with E-state index in [1.54, 1.807) is 0 Å². The highest BCUT2D eigenvalue weighted by molar-refractivity contribution is 5.66. The van der Waals surface area contributed by atoms with E-state index in [0.29, 0.717) is 12.0 Å². The molecule has 0 amide bonds. The predicted molar refractivity (Wildman–Crippen MR) is 90.8 cm³/mol. The SMILES string of the molecule is CC(C)(NC1CC=Cc2cccc(N)c21)C1C=CC=CC1. The number of fused-ring (bicyclic) bond motifs is 1. The van der Waals surface area contributed by atoms with E-state index in [1.165, 1.54) is 11.1 Å². The second kappa shape index (κ2) is 5.53. The van der Waals surface area contributed by atoms with Gasteiger partial charge in [-0.15, -0.1) is 0 Å². The first-order valence-corrected chi connectivity index (χ1v) is 7.74. The molecule has 1 aromatic rings. The van der Waals surface area contributed by atoms with Crippen molar-refractivity contribution in [3.8, 4) is 0 Å². The number of nitrogen functional groups attached to an aromatic ring is 1. The van der Waals surface area contributed by atoms with Crippen LogP contribution >= 0.6 is 0 Å². The van der Waals surface area contributed by atoms with Crippen LogP contribution < -0.4 is 11.1 Å². The summed E-state index contributed by atoms with van der Waals surface area (Å²) in [5.74, 6) is 0.516. The van der Waals surface area contributed by atoms with Gasteiger partial charge in [-0.2, -0.15) is 0 Å². The van der Waals surface area contributed by atoms with Crippen LogP contribution in [0.3, 0.4) is 0 Å². The molecule has 2 heteroatoms. The second-order valence-electron chi connectivity index (χ2n) is 6.56. The van der Waals surface area contributed by atoms with E-state index in [4.69, 9.17) is 5.73 Å². The van der Waals surface area contributed by atoms with Crippen molar-refractivity contribution in [3.05, 3.63) is 59.7 Å². The van der Waals surface area contributed by atoms with Gasteiger partial charge in [0.05, 0.1) is 0 Å². The smallest absolute Gasteiger partial charge is 0.0386 e. The van der Waals surface area contributed by atoms with Crippen LogP contribution in [0.1, 0.15) is 43.9 Å². The molecule has 3 N–H and O–H groups in total. The molecule has 0 saturated heterocycles. The second-order valence-corrected chi connectivity index (χ2v) is 6.56. The Morgan fingerprint density at radius 2 is 2.00 bits per heavy atom. The number of allylic oxidation sites excluding steroid dienone is 3. The first-order chi connectivity index (χ1) is 10.1. The monoisotopic (exact) mass is 280 g/mol. The molecule has 0 fully saturated rings. The van der Waals surface area contributed by atoms with Gasteiger partial charge < -0.3 is 11.1 Å². The van der Waals surface area contributed by atoms with E-state index in [2.05, 4.69) is 61.7 Å². The molecule has 0 aliphatic heterocycles. The maximum Gasteiger partial charge on any atom is 0.0386 e. The van der Waals surface area contributed by atoms with Gasteiger partial charge in [-0.1, -0.05) is 48.6 Å². The van der Waals surface area contributed by atoms with Crippen LogP contribution in [-0.2, 0) is 0 Å². The van der Waals surface area contributed by atoms with Gasteiger partial charge >= 0.3 is 0 Å². The molecule has 2 aliphatic carbocycles. The van der Waals surface area contributed by atoms with Gasteiger partial charge in [0, 0.05) is 17.3 Å². The Morgan fingerprint density at radius 1 is 1.14 bits per heavy atom. The Balaban J connectivity index is 1.84. The fourth-order valence-corrected chi connectivity index (χ4v) is 3.40. The van der Waals surface area contributed by atoms with Crippen molar-refractivity contribution in [2.45, 2.75) is 38.3 Å². The Kier molecular flexibility index (Phi) is 3.73. The molecule has 0 bridgehead atoms. The van der Waals surface area contributed by atoms with Crippen molar-refractivity contribution in [2.24, 2.45) is 5.92 Å². The van der Waals surface area contributed by atoms with Crippen molar-refractivity contribution < 1.29 is 0 Å². The van der Waals surface area contributed by atoms with Crippen molar-refractivity contribution in [2.75, 3.05) is 5.73 Å². The lowest BCUT2D eigenvalue weighted by Gasteiger charge is -2.39. The van der Waals surface area contributed by atoms with Crippen LogP contribution in [0.25, 0.3) is 6.08 Å². The molecule has 0 spiro atoms. The summed E-state index contributed by atoms with van der Waals surface area (Å²) in [5.41, 5.74) is 9.66. The minimum atomic E-state index is 0.0384. The van der Waals surface area contributed by atoms with Crippen molar-refractivity contribution in [1.82, 2.24) is 5.32 Å². The fourth-order valence-electron chi connectivity index (χ4n) is 3.40. The third kappa shape index (κ3) is 2.81. The lowest BCUT2D eigenvalue weighted by atomic mass is 9.80. The zero-order valence-electron chi connectivity index (χ0n) is 12.8. The van der Waals surface area contributed by atoms with Gasteiger partial charge in [0.1, 0.15) is 0 Å². The van der Waals surface area contributed by atoms with Crippen molar-refractivity contribution >= 4 is 11.8 Å². The number of hydrogen-bond donors (Lipinski definition) is 2. The molecule has 0 radical (unpaired) electrons. The molecule has 2 nitrogen and oxygen atoms in total. The van der Waals surface area contributed by atoms with Crippen LogP contribution in [0.5, 0.6) is 0 Å². The first kappa shape index (κ1) is 14.2. The normalized spacial score (nSPS) is 24.1. The van der Waals surface area contributed by atoms with Crippen LogP contribution in [0.15, 0.2) is 48.6 Å². The largest absolute Gasteiger partial charge is 0.398 e. The zero-order valence-corrected chi connectivity index (χ0v) is 12.8. The molecule has 2 atom stereocenters. The van der Waals surface area contributed by atoms with Crippen molar-refractivity contribution in [3.63, 3.8) is 0 Å². The van der Waals surface area contributed by atoms with Crippen LogP contribution in [0.4, 0.5) is 5.69 Å². The fraction of sp³-hybridized carbons (Fsp3) is 0.368. The minimum Gasteiger partial charge on any atom is -0.398 e. The Labute approximate surface area is 127 Å². The standard InChI is InChI=1S/C19H24N2/c1-19(2,15-10-4-3-5-11-15)21-17-13-7-9-14-8-6-12-16(20)18(14)17/h3-10,12,15,17,21H,11,13,20H2,1-2H3. The number of benzene rings is 1. The van der Waals surface area contributed by atoms with E-state index in [9.17, 15) is 0 Å². The van der Waals surface area contributed by atoms with Gasteiger partial charge in [-0.05, 0) is 49.8 Å². The molecule has 0 heterocycles. The predicted octanol–water partition coefficient (Wildman–Crippen LogP) is 4.23. The molecule has 1 aromatic carbocycles. The average molecular weight is 280 g/mol. The number of hydrogen-bond acceptors (Lipinski definition) is 2. The number of nitrogens with one attached hydrogen (secondary N) is 1. The molecule has 2 unspecified atom stereocenters. The number of rotatable bonds is 3. The van der Waals surface area contributed by atoms with Crippen LogP contribution in [-0.4, -0.2) is 5.54 Å². The minimum absolute atomic E-state index is 0.0384. The molecule has 2 aliphatic rings. The van der Waals surface area contributed by atoms with E-state index in [0.717, 1.165) is 18.5 Å². The first-order valence-electron chi connectivity index (χ1n) is 7.74. The van der Waals surface area contributed by atoms with E-state index in [1.807, 2.05) is 12.1 Å². The Morgan fingerprint density at radius 3 is 2.76 bits per heavy atom. The summed E-state index contributed by atoms with van der Waals surface area (Å²) in [6, 6.07) is 6.47. The average Bonchev–Trinajstić information content (AvgIpc) is 2.48. The summed E-state index contributed by atoms with van der Waals surface area (Å²) >= 11 is 0. The summed E-state index contributed by atoms with van der Waals surface area (Å²) in [5, 5.41) is 3.85. The Bertz CT molecular complexity index is 608. The summed E-state index contributed by atoms with van der Waals surface area (Å²) in [4.78, 5) is 0. The molecule has 0 saturated carbocycles. The molecular weight excluding hydrogens is 256 g/mol. The van der Waals surface area contributed by atoms with Gasteiger partial charge in [0.25, 0.3) is 0 Å². The summed E-state index contributed by atoms with van der Waals surface area (Å²) < 4.78 is 0. The highest BCUT2D eigenvalue weighted by atomic mass is 15.0. The van der Waals surface area contributed by atoms with Crippen LogP contribution in [0, 0.1) is 5.92 Å². The van der Waals surface area contributed by atoms with Gasteiger partial charge in [0.2, 0.25) is 0 Å². The maximum absolute atomic E-state index is 6.23. The van der Waals surface area contributed by atoms with E-state index >= 15 is 0 Å². The summed E-state index contributed by atoms with van der Waals surface area (Å²) in [6.45, 7) is 4.58. The van der Waals surface area contributed by atoms with Gasteiger partial charge in [0.15, 0.2) is 0 Å².